The van der Waals surface area contributed by atoms with Crippen LogP contribution in [0.5, 0.6) is 0 Å². The molecule has 4 aliphatic rings. The Morgan fingerprint density at radius 1 is 0.923 bits per heavy atom. The van der Waals surface area contributed by atoms with Gasteiger partial charge in [0.1, 0.15) is 0 Å². The molecule has 0 aromatic rings. The summed E-state index contributed by atoms with van der Waals surface area (Å²) in [5.41, 5.74) is 0.332. The zero-order valence-corrected chi connectivity index (χ0v) is 26.6. The first-order chi connectivity index (χ1) is 18.3. The van der Waals surface area contributed by atoms with Gasteiger partial charge < -0.3 is 19.7 Å². The van der Waals surface area contributed by atoms with Crippen LogP contribution >= 0.6 is 0 Å². The first-order valence-corrected chi connectivity index (χ1v) is 17.4. The molecule has 0 aromatic carbocycles. The number of rotatable bonds is 9. The molecule has 4 rings (SSSR count). The van der Waals surface area contributed by atoms with Crippen LogP contribution in [-0.2, 0) is 14.6 Å². The zero-order chi connectivity index (χ0) is 29.2. The van der Waals surface area contributed by atoms with Gasteiger partial charge in [-0.2, -0.15) is 0 Å². The molecule has 0 radical (unpaired) electrons. The van der Waals surface area contributed by atoms with Crippen molar-refractivity contribution in [2.24, 2.45) is 52.3 Å². The van der Waals surface area contributed by atoms with Crippen LogP contribution in [0, 0.1) is 52.3 Å². The lowest BCUT2D eigenvalue weighted by Crippen LogP contribution is -3.11. The van der Waals surface area contributed by atoms with Gasteiger partial charge in [-0.15, -0.1) is 0 Å². The van der Waals surface area contributed by atoms with E-state index >= 15 is 0 Å². The van der Waals surface area contributed by atoms with Gasteiger partial charge in [0.2, 0.25) is 10.4 Å². The van der Waals surface area contributed by atoms with Gasteiger partial charge in [-0.1, -0.05) is 34.1 Å². The molecule has 39 heavy (non-hydrogen) atoms. The monoisotopic (exact) mass is 573 g/mol. The van der Waals surface area contributed by atoms with Crippen molar-refractivity contribution >= 4 is 10.4 Å². The summed E-state index contributed by atoms with van der Waals surface area (Å²) in [6.07, 6.45) is 8.26. The van der Waals surface area contributed by atoms with Crippen molar-refractivity contribution < 1.29 is 32.3 Å². The Balaban J connectivity index is 0.000000532. The topological polar surface area (TPSA) is 111 Å². The predicted molar refractivity (Wildman–Crippen MR) is 154 cm³/mol. The SMILES string of the molecule is CC[C@H]1[C@@H](O)C2C3CCC(C(C)CCOS(=O)(=O)[O-])[C@@]3(C)CCC2[C@@]2(C)CC[C@@H](O)C[C@@H]12.CC[NH+](CC)CC. The number of nitrogens with one attached hydrogen (secondary N) is 1. The highest BCUT2D eigenvalue weighted by Gasteiger charge is 2.64. The quantitative estimate of drug-likeness (QED) is 0.284. The lowest BCUT2D eigenvalue weighted by molar-refractivity contribution is -0.894. The number of hydrogen-bond donors (Lipinski definition) is 3. The van der Waals surface area contributed by atoms with Crippen LogP contribution in [0.2, 0.25) is 0 Å². The smallest absolute Gasteiger partial charge is 0.217 e. The standard InChI is InChI=1S/C25H44O6S.C6H15N/c1-5-17-21-14-16(26)8-11-25(21,4)20-9-12-24(3)18(6-7-19(24)22(20)23(17)27)15(2)10-13-31-32(28,29)30;1-4-7(5-2)6-3/h15-23,26-27H,5-14H2,1-4H3,(H,28,29,30);4-6H2,1-3H3/t15?,16-,17-,18?,19?,20?,21+,22?,23-,24-,25-;/m1./s1. The van der Waals surface area contributed by atoms with Gasteiger partial charge in [-0.25, -0.2) is 8.42 Å². The minimum Gasteiger partial charge on any atom is -0.726 e. The fourth-order valence-electron chi connectivity index (χ4n) is 10.2. The van der Waals surface area contributed by atoms with Crippen LogP contribution < -0.4 is 4.90 Å². The summed E-state index contributed by atoms with van der Waals surface area (Å²) < 4.78 is 37.0. The summed E-state index contributed by atoms with van der Waals surface area (Å²) in [5, 5.41) is 22.1. The van der Waals surface area contributed by atoms with Crippen LogP contribution in [0.15, 0.2) is 0 Å². The Bertz CT molecular complexity index is 875. The van der Waals surface area contributed by atoms with Crippen molar-refractivity contribution in [3.8, 4) is 0 Å². The number of fused-ring (bicyclic) bond motifs is 5. The van der Waals surface area contributed by atoms with Crippen molar-refractivity contribution in [3.63, 3.8) is 0 Å². The van der Waals surface area contributed by atoms with E-state index in [4.69, 9.17) is 0 Å². The molecule has 230 valence electrons. The Labute approximate surface area is 239 Å². The van der Waals surface area contributed by atoms with Crippen LogP contribution in [0.25, 0.3) is 0 Å². The molecule has 4 fully saturated rings. The third kappa shape index (κ3) is 6.88. The molecule has 5 unspecified atom stereocenters. The largest absolute Gasteiger partial charge is 0.726 e. The van der Waals surface area contributed by atoms with Crippen molar-refractivity contribution in [2.45, 2.75) is 118 Å². The van der Waals surface area contributed by atoms with Crippen LogP contribution in [0.1, 0.15) is 106 Å². The Morgan fingerprint density at radius 2 is 1.51 bits per heavy atom. The second-order valence-electron chi connectivity index (χ2n) is 13.9. The Morgan fingerprint density at radius 3 is 2.05 bits per heavy atom. The molecule has 0 aliphatic heterocycles. The van der Waals surface area contributed by atoms with Gasteiger partial charge in [0.15, 0.2) is 0 Å². The third-order valence-corrected chi connectivity index (χ3v) is 12.9. The Kier molecular flexibility index (Phi) is 11.4. The molecule has 4 saturated carbocycles. The summed E-state index contributed by atoms with van der Waals surface area (Å²) in [5.74, 6) is 2.69. The fraction of sp³-hybridized carbons (Fsp3) is 1.00. The molecule has 0 heterocycles. The van der Waals surface area contributed by atoms with Gasteiger partial charge >= 0.3 is 0 Å². The van der Waals surface area contributed by atoms with Gasteiger partial charge in [-0.05, 0) is 124 Å². The number of quaternary nitrogens is 1. The molecule has 0 aromatic heterocycles. The van der Waals surface area contributed by atoms with Crippen molar-refractivity contribution in [1.82, 2.24) is 0 Å². The first-order valence-electron chi connectivity index (χ1n) is 16.1. The highest BCUT2D eigenvalue weighted by atomic mass is 32.3. The minimum absolute atomic E-state index is 0.0427. The average Bonchev–Trinajstić information content (AvgIpc) is 3.23. The van der Waals surface area contributed by atoms with E-state index < -0.39 is 10.4 Å². The highest BCUT2D eigenvalue weighted by Crippen LogP contribution is 2.69. The number of hydrogen-bond acceptors (Lipinski definition) is 6. The maximum absolute atomic E-state index is 11.7. The molecule has 11 atom stereocenters. The molecule has 0 spiro atoms. The van der Waals surface area contributed by atoms with E-state index in [0.29, 0.717) is 36.0 Å². The lowest BCUT2D eigenvalue weighted by Gasteiger charge is -2.64. The van der Waals surface area contributed by atoms with E-state index in [0.717, 1.165) is 51.4 Å². The van der Waals surface area contributed by atoms with E-state index in [1.54, 1.807) is 4.90 Å². The van der Waals surface area contributed by atoms with Gasteiger partial charge in [-0.3, -0.25) is 4.18 Å². The maximum Gasteiger partial charge on any atom is 0.217 e. The maximum atomic E-state index is 11.7. The molecule has 0 bridgehead atoms. The van der Waals surface area contributed by atoms with Crippen molar-refractivity contribution in [1.29, 1.82) is 0 Å². The van der Waals surface area contributed by atoms with E-state index in [1.807, 2.05) is 0 Å². The lowest BCUT2D eigenvalue weighted by atomic mass is 9.41. The van der Waals surface area contributed by atoms with Crippen LogP contribution in [0.4, 0.5) is 0 Å². The molecule has 3 N–H and O–H groups in total. The van der Waals surface area contributed by atoms with E-state index in [2.05, 4.69) is 52.6 Å². The summed E-state index contributed by atoms with van der Waals surface area (Å²) in [6.45, 7) is 19.7. The molecular weight excluding hydrogens is 514 g/mol. The minimum atomic E-state index is -4.64. The molecule has 0 amide bonds. The summed E-state index contributed by atoms with van der Waals surface area (Å²) in [7, 11) is -4.64. The fourth-order valence-corrected chi connectivity index (χ4v) is 10.5. The van der Waals surface area contributed by atoms with Gasteiger partial charge in [0, 0.05) is 0 Å². The van der Waals surface area contributed by atoms with E-state index in [-0.39, 0.29) is 41.5 Å². The molecule has 7 nitrogen and oxygen atoms in total. The van der Waals surface area contributed by atoms with Crippen LogP contribution in [-0.4, -0.2) is 61.6 Å². The second kappa shape index (κ2) is 13.4. The number of aliphatic hydroxyl groups excluding tert-OH is 2. The second-order valence-corrected chi connectivity index (χ2v) is 15.0. The van der Waals surface area contributed by atoms with Crippen molar-refractivity contribution in [2.75, 3.05) is 26.2 Å². The first kappa shape index (κ1) is 33.3. The summed E-state index contributed by atoms with van der Waals surface area (Å²) in [6, 6.07) is 0. The van der Waals surface area contributed by atoms with Crippen molar-refractivity contribution in [3.05, 3.63) is 0 Å². The number of aliphatic hydroxyl groups is 2. The summed E-state index contributed by atoms with van der Waals surface area (Å²) >= 11 is 0. The van der Waals surface area contributed by atoms with E-state index in [9.17, 15) is 23.2 Å². The van der Waals surface area contributed by atoms with E-state index in [1.165, 1.54) is 19.6 Å². The van der Waals surface area contributed by atoms with Gasteiger partial charge in [0.25, 0.3) is 0 Å². The third-order valence-electron chi connectivity index (χ3n) is 12.5. The van der Waals surface area contributed by atoms with Gasteiger partial charge in [0.05, 0.1) is 38.4 Å². The zero-order valence-electron chi connectivity index (χ0n) is 25.8. The van der Waals surface area contributed by atoms with Crippen LogP contribution in [0.3, 0.4) is 0 Å². The highest BCUT2D eigenvalue weighted by molar-refractivity contribution is 7.80. The molecule has 8 heteroatoms. The Hall–Kier alpha value is -0.250. The predicted octanol–water partition coefficient (Wildman–Crippen LogP) is 4.05. The normalized spacial score (nSPS) is 42.6. The summed E-state index contributed by atoms with van der Waals surface area (Å²) in [4.78, 5) is 1.68. The molecule has 4 aliphatic carbocycles. The average molecular weight is 574 g/mol. The molecule has 0 saturated heterocycles. The molecular formula is C31H59NO6S.